The van der Waals surface area contributed by atoms with Crippen LogP contribution in [0.5, 0.6) is 0 Å². The Hall–Kier alpha value is -1.75. The molecule has 0 aromatic heterocycles. The van der Waals surface area contributed by atoms with E-state index in [1.54, 1.807) is 6.92 Å². The van der Waals surface area contributed by atoms with Gasteiger partial charge in [0, 0.05) is 12.8 Å². The highest BCUT2D eigenvalue weighted by Gasteiger charge is 2.04. The summed E-state index contributed by atoms with van der Waals surface area (Å²) in [6, 6.07) is 0. The molecule has 0 aromatic carbocycles. The summed E-state index contributed by atoms with van der Waals surface area (Å²) in [4.78, 5) is 32.8. The molecule has 0 unspecified atom stereocenters. The third kappa shape index (κ3) is 22.4. The minimum absolute atomic E-state index is 0.0618. The number of unbranched alkanes of at least 4 members (excludes halogenated alkanes) is 1. The molecule has 0 amide bonds. The molecule has 29 heavy (non-hydrogen) atoms. The van der Waals surface area contributed by atoms with E-state index in [4.69, 9.17) is 33.5 Å². The van der Waals surface area contributed by atoms with Crippen molar-refractivity contribution in [2.24, 2.45) is 0 Å². The van der Waals surface area contributed by atoms with Gasteiger partial charge in [-0.3, -0.25) is 14.4 Å². The van der Waals surface area contributed by atoms with Crippen LogP contribution in [0.15, 0.2) is 0 Å². The lowest BCUT2D eigenvalue weighted by molar-refractivity contribution is -0.146. The Morgan fingerprint density at radius 1 is 0.586 bits per heavy atom. The molecule has 10 heteroatoms. The molecule has 0 aliphatic heterocycles. The first-order chi connectivity index (χ1) is 14.1. The minimum atomic E-state index is -0.864. The van der Waals surface area contributed by atoms with Crippen molar-refractivity contribution in [3.05, 3.63) is 0 Å². The summed E-state index contributed by atoms with van der Waals surface area (Å²) in [6.07, 6.45) is 1.48. The van der Waals surface area contributed by atoms with Crippen molar-refractivity contribution in [3.63, 3.8) is 0 Å². The lowest BCUT2D eigenvalue weighted by Gasteiger charge is -2.08. The molecule has 170 valence electrons. The average Bonchev–Trinajstić information content (AvgIpc) is 2.68. The maximum atomic E-state index is 11.4. The van der Waals surface area contributed by atoms with Gasteiger partial charge in [-0.05, 0) is 19.8 Å². The van der Waals surface area contributed by atoms with Crippen molar-refractivity contribution in [1.82, 2.24) is 0 Å². The van der Waals surface area contributed by atoms with Crippen molar-refractivity contribution >= 4 is 17.9 Å². The minimum Gasteiger partial charge on any atom is -0.481 e. The Bertz CT molecular complexity index is 427. The van der Waals surface area contributed by atoms with E-state index in [0.29, 0.717) is 65.7 Å². The van der Waals surface area contributed by atoms with E-state index in [-0.39, 0.29) is 44.4 Å². The molecule has 0 aliphatic carbocycles. The van der Waals surface area contributed by atoms with Crippen molar-refractivity contribution in [2.75, 3.05) is 66.1 Å². The van der Waals surface area contributed by atoms with Crippen LogP contribution in [0.1, 0.15) is 39.0 Å². The number of ether oxygens (including phenoxy) is 6. The zero-order chi connectivity index (χ0) is 21.6. The lowest BCUT2D eigenvalue weighted by Crippen LogP contribution is -2.15. The van der Waals surface area contributed by atoms with Gasteiger partial charge in [0.05, 0.1) is 65.9 Å². The highest BCUT2D eigenvalue weighted by Crippen LogP contribution is 2.01. The van der Waals surface area contributed by atoms with Crippen LogP contribution in [0.3, 0.4) is 0 Å². The maximum Gasteiger partial charge on any atom is 0.308 e. The van der Waals surface area contributed by atoms with E-state index >= 15 is 0 Å². The van der Waals surface area contributed by atoms with Crippen molar-refractivity contribution in [1.29, 1.82) is 0 Å². The standard InChI is InChI=1S/C19H34O10/c1-2-28-19(23)7-8-24-9-10-25-11-12-26-13-14-27-15-16-29-18(22)6-4-3-5-17(20)21/h2-16H2,1H3,(H,20,21). The number of rotatable bonds is 21. The Kier molecular flexibility index (Phi) is 19.7. The number of hydrogen-bond donors (Lipinski definition) is 1. The Labute approximate surface area is 171 Å². The summed E-state index contributed by atoms with van der Waals surface area (Å²) in [6.45, 7) is 5.36. The number of carboxylic acid groups (broad SMARTS) is 1. The normalized spacial score (nSPS) is 10.7. The fraction of sp³-hybridized carbons (Fsp3) is 0.842. The van der Waals surface area contributed by atoms with Gasteiger partial charge in [-0.25, -0.2) is 0 Å². The van der Waals surface area contributed by atoms with E-state index < -0.39 is 5.97 Å². The number of aliphatic carboxylic acids is 1. The van der Waals surface area contributed by atoms with Crippen molar-refractivity contribution in [3.8, 4) is 0 Å². The van der Waals surface area contributed by atoms with Gasteiger partial charge in [0.25, 0.3) is 0 Å². The second kappa shape index (κ2) is 21.0. The molecule has 0 atom stereocenters. The van der Waals surface area contributed by atoms with E-state index in [0.717, 1.165) is 0 Å². The molecule has 0 aromatic rings. The van der Waals surface area contributed by atoms with E-state index in [1.807, 2.05) is 0 Å². The largest absolute Gasteiger partial charge is 0.481 e. The molecule has 0 fully saturated rings. The highest BCUT2D eigenvalue weighted by molar-refractivity contribution is 5.70. The van der Waals surface area contributed by atoms with Gasteiger partial charge in [0.1, 0.15) is 6.61 Å². The predicted octanol–water partition coefficient (Wildman–Crippen LogP) is 1.19. The number of hydrogen-bond acceptors (Lipinski definition) is 9. The van der Waals surface area contributed by atoms with Crippen LogP contribution in [-0.2, 0) is 42.8 Å². The fourth-order valence-electron chi connectivity index (χ4n) is 1.98. The number of carbonyl (C=O) groups is 3. The zero-order valence-electron chi connectivity index (χ0n) is 17.2. The van der Waals surface area contributed by atoms with Crippen LogP contribution in [0.4, 0.5) is 0 Å². The van der Waals surface area contributed by atoms with E-state index in [2.05, 4.69) is 0 Å². The summed E-state index contributed by atoms with van der Waals surface area (Å²) in [5.74, 6) is -1.48. The molecular formula is C19H34O10. The second-order valence-electron chi connectivity index (χ2n) is 5.83. The van der Waals surface area contributed by atoms with Gasteiger partial charge in [-0.1, -0.05) is 0 Å². The maximum absolute atomic E-state index is 11.4. The van der Waals surface area contributed by atoms with Crippen LogP contribution in [0.25, 0.3) is 0 Å². The molecule has 0 radical (unpaired) electrons. The van der Waals surface area contributed by atoms with Crippen molar-refractivity contribution < 1.29 is 47.9 Å². The molecule has 0 bridgehead atoms. The van der Waals surface area contributed by atoms with Crippen LogP contribution >= 0.6 is 0 Å². The summed E-state index contributed by atoms with van der Waals surface area (Å²) in [7, 11) is 0. The van der Waals surface area contributed by atoms with Gasteiger partial charge >= 0.3 is 17.9 Å². The van der Waals surface area contributed by atoms with E-state index in [1.165, 1.54) is 0 Å². The Morgan fingerprint density at radius 2 is 1.03 bits per heavy atom. The second-order valence-corrected chi connectivity index (χ2v) is 5.83. The summed E-state index contributed by atoms with van der Waals surface area (Å²) < 4.78 is 30.9. The number of carbonyl (C=O) groups excluding carboxylic acids is 2. The van der Waals surface area contributed by atoms with E-state index in [9.17, 15) is 14.4 Å². The first-order valence-electron chi connectivity index (χ1n) is 9.90. The topological polar surface area (TPSA) is 127 Å². The fourth-order valence-corrected chi connectivity index (χ4v) is 1.98. The number of carboxylic acids is 1. The first-order valence-corrected chi connectivity index (χ1v) is 9.90. The average molecular weight is 422 g/mol. The molecule has 10 nitrogen and oxygen atoms in total. The highest BCUT2D eigenvalue weighted by atomic mass is 16.6. The molecule has 0 saturated carbocycles. The monoisotopic (exact) mass is 422 g/mol. The zero-order valence-corrected chi connectivity index (χ0v) is 17.2. The van der Waals surface area contributed by atoms with Crippen LogP contribution in [0, 0.1) is 0 Å². The number of esters is 2. The van der Waals surface area contributed by atoms with Crippen molar-refractivity contribution in [2.45, 2.75) is 39.0 Å². The lowest BCUT2D eigenvalue weighted by atomic mass is 10.2. The quantitative estimate of drug-likeness (QED) is 0.213. The van der Waals surface area contributed by atoms with Gasteiger partial charge in [-0.2, -0.15) is 0 Å². The summed E-state index contributed by atoms with van der Waals surface area (Å²) in [5, 5.41) is 8.48. The molecule has 0 spiro atoms. The Morgan fingerprint density at radius 3 is 1.55 bits per heavy atom. The van der Waals surface area contributed by atoms with Gasteiger partial charge in [-0.15, -0.1) is 0 Å². The molecular weight excluding hydrogens is 388 g/mol. The predicted molar refractivity (Wildman–Crippen MR) is 102 cm³/mol. The van der Waals surface area contributed by atoms with Gasteiger partial charge in [0.2, 0.25) is 0 Å². The first kappa shape index (κ1) is 27.2. The molecule has 1 N–H and O–H groups in total. The van der Waals surface area contributed by atoms with Crippen LogP contribution in [0.2, 0.25) is 0 Å². The SMILES string of the molecule is CCOC(=O)CCOCCOCCOCCOCCOC(=O)CCCCC(=O)O. The molecule has 0 aliphatic rings. The van der Waals surface area contributed by atoms with Crippen LogP contribution in [-0.4, -0.2) is 89.1 Å². The van der Waals surface area contributed by atoms with Gasteiger partial charge < -0.3 is 33.5 Å². The molecule has 0 rings (SSSR count). The smallest absolute Gasteiger partial charge is 0.308 e. The molecule has 0 heterocycles. The van der Waals surface area contributed by atoms with Crippen LogP contribution < -0.4 is 0 Å². The summed E-state index contributed by atoms with van der Waals surface area (Å²) >= 11 is 0. The summed E-state index contributed by atoms with van der Waals surface area (Å²) in [5.41, 5.74) is 0. The molecule has 0 saturated heterocycles. The third-order valence-corrected chi connectivity index (χ3v) is 3.38. The Balaban J connectivity index is 3.17. The van der Waals surface area contributed by atoms with Gasteiger partial charge in [0.15, 0.2) is 0 Å². The third-order valence-electron chi connectivity index (χ3n) is 3.38.